The van der Waals surface area contributed by atoms with E-state index in [2.05, 4.69) is 4.90 Å². The lowest BCUT2D eigenvalue weighted by Gasteiger charge is -2.38. The maximum absolute atomic E-state index is 11.4. The Kier molecular flexibility index (Phi) is 4.81. The van der Waals surface area contributed by atoms with Gasteiger partial charge in [0.25, 0.3) is 0 Å². The third-order valence-electron chi connectivity index (χ3n) is 5.11. The van der Waals surface area contributed by atoms with E-state index in [0.29, 0.717) is 29.5 Å². The largest absolute Gasteiger partial charge is 0.427 e. The van der Waals surface area contributed by atoms with Crippen molar-refractivity contribution >= 4 is 11.8 Å². The highest BCUT2D eigenvalue weighted by Gasteiger charge is 2.40. The third kappa shape index (κ3) is 3.99. The van der Waals surface area contributed by atoms with Crippen LogP contribution >= 0.6 is 0 Å². The van der Waals surface area contributed by atoms with Gasteiger partial charge < -0.3 is 9.53 Å². The van der Waals surface area contributed by atoms with Gasteiger partial charge in [-0.25, -0.2) is 0 Å². The van der Waals surface area contributed by atoms with E-state index in [1.807, 2.05) is 24.3 Å². The molecule has 0 saturated carbocycles. The Bertz CT molecular complexity index is 567. The molecule has 0 radical (unpaired) electrons. The summed E-state index contributed by atoms with van der Waals surface area (Å²) in [7, 11) is 0. The predicted octanol–water partition coefficient (Wildman–Crippen LogP) is 3.33. The molecule has 1 aromatic carbocycles. The lowest BCUT2D eigenvalue weighted by molar-refractivity contribution is -0.131. The van der Waals surface area contributed by atoms with Crippen LogP contribution in [0.5, 0.6) is 5.75 Å². The van der Waals surface area contributed by atoms with Crippen LogP contribution < -0.4 is 4.74 Å². The maximum atomic E-state index is 11.4. The fraction of sp³-hybridized carbons (Fsp3) is 0.579. The first-order chi connectivity index (χ1) is 11.0. The summed E-state index contributed by atoms with van der Waals surface area (Å²) in [5.41, 5.74) is 1.25. The van der Waals surface area contributed by atoms with Crippen LogP contribution in [-0.2, 0) is 16.1 Å². The molecule has 2 aliphatic rings. The molecule has 2 bridgehead atoms. The summed E-state index contributed by atoms with van der Waals surface area (Å²) < 4.78 is 5.08. The predicted molar refractivity (Wildman–Crippen MR) is 88.1 cm³/mol. The van der Waals surface area contributed by atoms with Gasteiger partial charge in [-0.1, -0.05) is 12.1 Å². The third-order valence-corrected chi connectivity index (χ3v) is 5.11. The molecule has 4 nitrogen and oxygen atoms in total. The molecule has 3 atom stereocenters. The van der Waals surface area contributed by atoms with Gasteiger partial charge in [0, 0.05) is 32.0 Å². The molecule has 23 heavy (non-hydrogen) atoms. The number of Topliss-reactive ketones (excluding diaryl/α,β-unsaturated/α-hetero) is 1. The van der Waals surface area contributed by atoms with Crippen molar-refractivity contribution < 1.29 is 14.3 Å². The first-order valence-corrected chi connectivity index (χ1v) is 8.54. The average molecular weight is 315 g/mol. The molecule has 0 spiro atoms. The number of carbonyl (C=O) groups excluding carboxylic acids is 2. The Morgan fingerprint density at radius 3 is 2.22 bits per heavy atom. The summed E-state index contributed by atoms with van der Waals surface area (Å²) in [5.74, 6) is 1.21. The fourth-order valence-electron chi connectivity index (χ4n) is 4.26. The first kappa shape index (κ1) is 16.2. The molecule has 0 N–H and O–H groups in total. The SMILES string of the molecule is CC(=O)CC1C[C@H]2CC[C@@H](C1)N2Cc1ccc(OC(C)=O)cc1. The summed E-state index contributed by atoms with van der Waals surface area (Å²) in [6, 6.07) is 9.04. The number of rotatable bonds is 5. The van der Waals surface area contributed by atoms with Gasteiger partial charge in [0.05, 0.1) is 0 Å². The highest BCUT2D eigenvalue weighted by molar-refractivity contribution is 5.75. The van der Waals surface area contributed by atoms with Crippen LogP contribution in [0.4, 0.5) is 0 Å². The molecule has 0 aliphatic carbocycles. The number of hydrogen-bond donors (Lipinski definition) is 0. The van der Waals surface area contributed by atoms with Crippen LogP contribution in [-0.4, -0.2) is 28.7 Å². The van der Waals surface area contributed by atoms with Gasteiger partial charge in [0.15, 0.2) is 0 Å². The minimum Gasteiger partial charge on any atom is -0.427 e. The molecule has 2 heterocycles. The second-order valence-corrected chi connectivity index (χ2v) is 7.04. The molecule has 3 rings (SSSR count). The zero-order valence-corrected chi connectivity index (χ0v) is 14.0. The van der Waals surface area contributed by atoms with Gasteiger partial charge in [0.2, 0.25) is 0 Å². The highest BCUT2D eigenvalue weighted by Crippen LogP contribution is 2.40. The van der Waals surface area contributed by atoms with E-state index in [1.165, 1.54) is 25.3 Å². The zero-order valence-electron chi connectivity index (χ0n) is 14.0. The van der Waals surface area contributed by atoms with Gasteiger partial charge in [0.1, 0.15) is 11.5 Å². The van der Waals surface area contributed by atoms with E-state index in [0.717, 1.165) is 25.8 Å². The molecule has 4 heteroatoms. The van der Waals surface area contributed by atoms with Crippen LogP contribution in [0.15, 0.2) is 24.3 Å². The number of nitrogens with zero attached hydrogens (tertiary/aromatic N) is 1. The van der Waals surface area contributed by atoms with Crippen LogP contribution in [0.2, 0.25) is 0 Å². The van der Waals surface area contributed by atoms with Crippen molar-refractivity contribution in [3.8, 4) is 5.75 Å². The van der Waals surface area contributed by atoms with Crippen LogP contribution in [0.3, 0.4) is 0 Å². The van der Waals surface area contributed by atoms with E-state index in [4.69, 9.17) is 4.74 Å². The Balaban J connectivity index is 1.61. The number of fused-ring (bicyclic) bond motifs is 2. The minimum absolute atomic E-state index is 0.289. The van der Waals surface area contributed by atoms with Crippen molar-refractivity contribution in [2.45, 2.75) is 64.6 Å². The van der Waals surface area contributed by atoms with Crippen LogP contribution in [0, 0.1) is 5.92 Å². The lowest BCUT2D eigenvalue weighted by atomic mass is 9.87. The molecule has 1 unspecified atom stereocenters. The second kappa shape index (κ2) is 6.83. The molecular formula is C19H25NO3. The molecule has 2 aliphatic heterocycles. The number of carbonyl (C=O) groups is 2. The Morgan fingerprint density at radius 2 is 1.70 bits per heavy atom. The maximum Gasteiger partial charge on any atom is 0.308 e. The molecule has 1 aromatic rings. The minimum atomic E-state index is -0.289. The summed E-state index contributed by atoms with van der Waals surface area (Å²) in [6.07, 6.45) is 5.57. The normalized spacial score (nSPS) is 27.0. The zero-order chi connectivity index (χ0) is 16.4. The fourth-order valence-corrected chi connectivity index (χ4v) is 4.26. The molecule has 2 saturated heterocycles. The summed E-state index contributed by atoms with van der Waals surface area (Å²) >= 11 is 0. The smallest absolute Gasteiger partial charge is 0.308 e. The van der Waals surface area contributed by atoms with Gasteiger partial charge >= 0.3 is 5.97 Å². The van der Waals surface area contributed by atoms with E-state index < -0.39 is 0 Å². The van der Waals surface area contributed by atoms with Crippen molar-refractivity contribution in [2.75, 3.05) is 0 Å². The summed E-state index contributed by atoms with van der Waals surface area (Å²) in [4.78, 5) is 24.9. The highest BCUT2D eigenvalue weighted by atomic mass is 16.5. The van der Waals surface area contributed by atoms with Crippen LogP contribution in [0.25, 0.3) is 0 Å². The average Bonchev–Trinajstić information content (AvgIpc) is 2.70. The molecular weight excluding hydrogens is 290 g/mol. The van der Waals surface area contributed by atoms with Crippen molar-refractivity contribution in [1.82, 2.24) is 4.90 Å². The van der Waals surface area contributed by atoms with E-state index in [9.17, 15) is 9.59 Å². The number of ketones is 1. The number of ether oxygens (including phenoxy) is 1. The summed E-state index contributed by atoms with van der Waals surface area (Å²) in [5, 5.41) is 0. The molecule has 0 amide bonds. The van der Waals surface area contributed by atoms with Crippen molar-refractivity contribution in [1.29, 1.82) is 0 Å². The van der Waals surface area contributed by atoms with Gasteiger partial charge in [-0.05, 0) is 56.2 Å². The topological polar surface area (TPSA) is 46.6 Å². The van der Waals surface area contributed by atoms with Gasteiger partial charge in [-0.3, -0.25) is 9.69 Å². The van der Waals surface area contributed by atoms with E-state index in [-0.39, 0.29) is 5.97 Å². The first-order valence-electron chi connectivity index (χ1n) is 8.54. The molecule has 2 fully saturated rings. The van der Waals surface area contributed by atoms with E-state index in [1.54, 1.807) is 6.92 Å². The van der Waals surface area contributed by atoms with Gasteiger partial charge in [-0.15, -0.1) is 0 Å². The monoisotopic (exact) mass is 315 g/mol. The van der Waals surface area contributed by atoms with Gasteiger partial charge in [-0.2, -0.15) is 0 Å². The standard InChI is InChI=1S/C19H25NO3/c1-13(21)9-16-10-17-5-6-18(11-16)20(17)12-15-3-7-19(8-4-15)23-14(2)22/h3-4,7-8,16-18H,5-6,9-12H2,1-2H3/t16?,17-,18+. The van der Waals surface area contributed by atoms with Crippen molar-refractivity contribution in [3.63, 3.8) is 0 Å². The number of esters is 1. The van der Waals surface area contributed by atoms with Crippen LogP contribution in [0.1, 0.15) is 51.5 Å². The van der Waals surface area contributed by atoms with Crippen molar-refractivity contribution in [3.05, 3.63) is 29.8 Å². The Morgan fingerprint density at radius 1 is 1.09 bits per heavy atom. The Labute approximate surface area is 137 Å². The number of piperidine rings is 1. The quantitative estimate of drug-likeness (QED) is 0.617. The Hall–Kier alpha value is -1.68. The second-order valence-electron chi connectivity index (χ2n) is 7.04. The van der Waals surface area contributed by atoms with Crippen molar-refractivity contribution in [2.24, 2.45) is 5.92 Å². The number of benzene rings is 1. The lowest BCUT2D eigenvalue weighted by Crippen LogP contribution is -2.42. The number of hydrogen-bond acceptors (Lipinski definition) is 4. The molecule has 0 aromatic heterocycles. The summed E-state index contributed by atoms with van der Waals surface area (Å²) in [6.45, 7) is 4.07. The molecule has 124 valence electrons. The van der Waals surface area contributed by atoms with E-state index >= 15 is 0 Å².